The zero-order valence-electron chi connectivity index (χ0n) is 10.7. The van der Waals surface area contributed by atoms with E-state index >= 15 is 0 Å². The number of ether oxygens (including phenoxy) is 1. The molecule has 1 unspecified atom stereocenters. The predicted molar refractivity (Wildman–Crippen MR) is 70.8 cm³/mol. The zero-order chi connectivity index (χ0) is 14.9. The van der Waals surface area contributed by atoms with Crippen molar-refractivity contribution in [3.63, 3.8) is 0 Å². The number of amides is 1. The highest BCUT2D eigenvalue weighted by atomic mass is 35.7. The number of hydrogen-bond donors (Lipinski definition) is 0. The first-order valence-electron chi connectivity index (χ1n) is 5.90. The number of likely N-dealkylation sites (N-methyl/N-ethyl adjacent to an activating group) is 1. The van der Waals surface area contributed by atoms with Gasteiger partial charge in [-0.05, 0) is 24.6 Å². The lowest BCUT2D eigenvalue weighted by atomic mass is 10.1. The number of carbonyl (C=O) groups excluding carboxylic acids is 1. The molecule has 2 rings (SSSR count). The van der Waals surface area contributed by atoms with Gasteiger partial charge in [-0.3, -0.25) is 4.79 Å². The average molecular weight is 322 g/mol. The standard InChI is InChI=1S/C12H13ClFNO4S/c1-15(8-4-5-19-7-8)12(16)10-6-9(20(13,17)18)2-3-11(10)14/h2-3,6,8H,4-5,7H2,1H3. The van der Waals surface area contributed by atoms with Gasteiger partial charge in [-0.2, -0.15) is 0 Å². The van der Waals surface area contributed by atoms with Gasteiger partial charge < -0.3 is 9.64 Å². The second-order valence-corrected chi connectivity index (χ2v) is 7.08. The molecular formula is C12H13ClFNO4S. The third kappa shape index (κ3) is 3.11. The van der Waals surface area contributed by atoms with Crippen molar-refractivity contribution in [3.8, 4) is 0 Å². The van der Waals surface area contributed by atoms with Crippen molar-refractivity contribution in [2.75, 3.05) is 20.3 Å². The molecule has 1 aromatic rings. The van der Waals surface area contributed by atoms with Crippen LogP contribution in [-0.4, -0.2) is 45.5 Å². The van der Waals surface area contributed by atoms with E-state index in [0.29, 0.717) is 19.6 Å². The molecule has 1 aromatic carbocycles. The number of halogens is 2. The van der Waals surface area contributed by atoms with E-state index in [2.05, 4.69) is 0 Å². The molecule has 20 heavy (non-hydrogen) atoms. The molecule has 0 aliphatic carbocycles. The van der Waals surface area contributed by atoms with Gasteiger partial charge in [0.25, 0.3) is 15.0 Å². The van der Waals surface area contributed by atoms with Gasteiger partial charge in [-0.25, -0.2) is 12.8 Å². The van der Waals surface area contributed by atoms with Crippen LogP contribution in [0, 0.1) is 5.82 Å². The quantitative estimate of drug-likeness (QED) is 0.794. The van der Waals surface area contributed by atoms with Crippen LogP contribution in [0.2, 0.25) is 0 Å². The Kier molecular flexibility index (Phi) is 4.31. The lowest BCUT2D eigenvalue weighted by Crippen LogP contribution is -2.37. The van der Waals surface area contributed by atoms with Crippen LogP contribution < -0.4 is 0 Å². The first kappa shape index (κ1) is 15.2. The molecule has 0 radical (unpaired) electrons. The minimum absolute atomic E-state index is 0.141. The van der Waals surface area contributed by atoms with Crippen LogP contribution in [0.3, 0.4) is 0 Å². The molecule has 0 N–H and O–H groups in total. The molecule has 0 spiro atoms. The molecule has 8 heteroatoms. The average Bonchev–Trinajstić information content (AvgIpc) is 2.90. The Bertz CT molecular complexity index is 628. The van der Waals surface area contributed by atoms with Crippen LogP contribution in [0.1, 0.15) is 16.8 Å². The van der Waals surface area contributed by atoms with Gasteiger partial charge in [0.05, 0.1) is 23.1 Å². The van der Waals surface area contributed by atoms with Crippen molar-refractivity contribution < 1.29 is 22.3 Å². The number of nitrogens with zero attached hydrogens (tertiary/aromatic N) is 1. The summed E-state index contributed by atoms with van der Waals surface area (Å²) in [5.74, 6) is -1.38. The number of benzene rings is 1. The lowest BCUT2D eigenvalue weighted by Gasteiger charge is -2.23. The highest BCUT2D eigenvalue weighted by Gasteiger charge is 2.27. The van der Waals surface area contributed by atoms with Crippen molar-refractivity contribution in [3.05, 3.63) is 29.6 Å². The summed E-state index contributed by atoms with van der Waals surface area (Å²) in [5, 5.41) is 0. The Morgan fingerprint density at radius 1 is 1.50 bits per heavy atom. The molecule has 1 fully saturated rings. The summed E-state index contributed by atoms with van der Waals surface area (Å²) in [6.45, 7) is 0.929. The van der Waals surface area contributed by atoms with Gasteiger partial charge in [0.1, 0.15) is 5.82 Å². The minimum Gasteiger partial charge on any atom is -0.379 e. The van der Waals surface area contributed by atoms with Gasteiger partial charge in [-0.1, -0.05) is 0 Å². The smallest absolute Gasteiger partial charge is 0.261 e. The van der Waals surface area contributed by atoms with Gasteiger partial charge >= 0.3 is 0 Å². The summed E-state index contributed by atoms with van der Waals surface area (Å²) in [7, 11) is 2.72. The minimum atomic E-state index is -4.01. The van der Waals surface area contributed by atoms with Gasteiger partial charge in [-0.15, -0.1) is 0 Å². The van der Waals surface area contributed by atoms with E-state index in [1.807, 2.05) is 0 Å². The third-order valence-electron chi connectivity index (χ3n) is 3.22. The van der Waals surface area contributed by atoms with E-state index in [1.54, 1.807) is 0 Å². The van der Waals surface area contributed by atoms with Crippen molar-refractivity contribution in [2.24, 2.45) is 0 Å². The molecule has 110 valence electrons. The largest absolute Gasteiger partial charge is 0.379 e. The first-order valence-corrected chi connectivity index (χ1v) is 8.21. The fourth-order valence-electron chi connectivity index (χ4n) is 2.00. The fraction of sp³-hybridized carbons (Fsp3) is 0.417. The molecule has 0 saturated carbocycles. The fourth-order valence-corrected chi connectivity index (χ4v) is 2.78. The molecule has 0 aromatic heterocycles. The van der Waals surface area contributed by atoms with E-state index in [0.717, 1.165) is 18.2 Å². The first-order chi connectivity index (χ1) is 9.30. The van der Waals surface area contributed by atoms with Crippen LogP contribution >= 0.6 is 10.7 Å². The number of rotatable bonds is 3. The summed E-state index contributed by atoms with van der Waals surface area (Å²) in [4.78, 5) is 13.3. The van der Waals surface area contributed by atoms with Crippen molar-refractivity contribution >= 4 is 25.6 Å². The molecule has 1 amide bonds. The molecule has 1 heterocycles. The zero-order valence-corrected chi connectivity index (χ0v) is 12.2. The van der Waals surface area contributed by atoms with E-state index < -0.39 is 20.8 Å². The highest BCUT2D eigenvalue weighted by molar-refractivity contribution is 8.13. The van der Waals surface area contributed by atoms with Crippen LogP contribution in [0.4, 0.5) is 4.39 Å². The van der Waals surface area contributed by atoms with Gasteiger partial charge in [0.2, 0.25) is 0 Å². The highest BCUT2D eigenvalue weighted by Crippen LogP contribution is 2.21. The Morgan fingerprint density at radius 3 is 2.75 bits per heavy atom. The maximum atomic E-state index is 13.7. The number of hydrogen-bond acceptors (Lipinski definition) is 4. The Hall–Kier alpha value is -1.18. The second kappa shape index (κ2) is 5.67. The Labute approximate surface area is 120 Å². The molecule has 1 atom stereocenters. The maximum absolute atomic E-state index is 13.7. The number of carbonyl (C=O) groups is 1. The summed E-state index contributed by atoms with van der Waals surface area (Å²) < 4.78 is 41.4. The summed E-state index contributed by atoms with van der Waals surface area (Å²) in [6, 6.07) is 2.75. The van der Waals surface area contributed by atoms with E-state index in [9.17, 15) is 17.6 Å². The van der Waals surface area contributed by atoms with Crippen LogP contribution in [0.25, 0.3) is 0 Å². The SMILES string of the molecule is CN(C(=O)c1cc(S(=O)(=O)Cl)ccc1F)C1CCOC1. The Morgan fingerprint density at radius 2 is 2.20 bits per heavy atom. The molecule has 0 bridgehead atoms. The van der Waals surface area contributed by atoms with Gasteiger partial charge in [0.15, 0.2) is 0 Å². The van der Waals surface area contributed by atoms with Crippen LogP contribution in [0.5, 0.6) is 0 Å². The second-order valence-electron chi connectivity index (χ2n) is 4.51. The molecule has 1 saturated heterocycles. The van der Waals surface area contributed by atoms with Crippen molar-refractivity contribution in [1.29, 1.82) is 0 Å². The monoisotopic (exact) mass is 321 g/mol. The van der Waals surface area contributed by atoms with E-state index in [1.165, 1.54) is 11.9 Å². The van der Waals surface area contributed by atoms with Gasteiger partial charge in [0, 0.05) is 24.3 Å². The molecule has 1 aliphatic heterocycles. The van der Waals surface area contributed by atoms with Crippen LogP contribution in [-0.2, 0) is 13.8 Å². The third-order valence-corrected chi connectivity index (χ3v) is 4.58. The lowest BCUT2D eigenvalue weighted by molar-refractivity contribution is 0.0706. The maximum Gasteiger partial charge on any atom is 0.261 e. The normalized spacial score (nSPS) is 19.1. The molecule has 5 nitrogen and oxygen atoms in total. The van der Waals surface area contributed by atoms with E-state index in [-0.39, 0.29) is 16.5 Å². The molecule has 1 aliphatic rings. The predicted octanol–water partition coefficient (Wildman–Crippen LogP) is 1.61. The summed E-state index contributed by atoms with van der Waals surface area (Å²) in [5.41, 5.74) is -0.318. The van der Waals surface area contributed by atoms with E-state index in [4.69, 9.17) is 15.4 Å². The van der Waals surface area contributed by atoms with Crippen molar-refractivity contribution in [1.82, 2.24) is 4.90 Å². The van der Waals surface area contributed by atoms with Crippen LogP contribution in [0.15, 0.2) is 23.1 Å². The topological polar surface area (TPSA) is 63.7 Å². The summed E-state index contributed by atoms with van der Waals surface area (Å²) >= 11 is 0. The Balaban J connectivity index is 2.33. The molecular weight excluding hydrogens is 309 g/mol. The summed E-state index contributed by atoms with van der Waals surface area (Å²) in [6.07, 6.45) is 0.664. The van der Waals surface area contributed by atoms with Crippen molar-refractivity contribution in [2.45, 2.75) is 17.4 Å².